The molecule has 2 fully saturated rings. The molecule has 1 heterocycles. The molecule has 0 spiro atoms. The van der Waals surface area contributed by atoms with Crippen molar-refractivity contribution in [1.29, 1.82) is 0 Å². The number of hydrogen-bond acceptors (Lipinski definition) is 3. The summed E-state index contributed by atoms with van der Waals surface area (Å²) in [5.41, 5.74) is 0. The van der Waals surface area contributed by atoms with E-state index in [0.717, 1.165) is 18.0 Å². The number of likely N-dealkylation sites (N-methyl/N-ethyl adjacent to an activating group) is 2. The van der Waals surface area contributed by atoms with Gasteiger partial charge in [-0.25, -0.2) is 0 Å². The van der Waals surface area contributed by atoms with Crippen molar-refractivity contribution in [3.63, 3.8) is 0 Å². The average Bonchev–Trinajstić information content (AvgIpc) is 2.78. The fourth-order valence-electron chi connectivity index (χ4n) is 3.58. The zero-order valence-electron chi connectivity index (χ0n) is 11.9. The molecule has 1 saturated carbocycles. The van der Waals surface area contributed by atoms with Crippen LogP contribution in [0.4, 0.5) is 0 Å². The minimum atomic E-state index is 0.715. The second kappa shape index (κ2) is 5.68. The van der Waals surface area contributed by atoms with Crippen molar-refractivity contribution in [3.05, 3.63) is 0 Å². The molecule has 1 saturated heterocycles. The van der Waals surface area contributed by atoms with Crippen LogP contribution in [0, 0.1) is 5.92 Å². The summed E-state index contributed by atoms with van der Waals surface area (Å²) in [6.45, 7) is 4.97. The van der Waals surface area contributed by atoms with Gasteiger partial charge in [0.2, 0.25) is 0 Å². The molecule has 0 radical (unpaired) electrons. The first-order valence-corrected chi connectivity index (χ1v) is 7.19. The van der Waals surface area contributed by atoms with Gasteiger partial charge in [-0.3, -0.25) is 4.90 Å². The van der Waals surface area contributed by atoms with Crippen LogP contribution in [0.5, 0.6) is 0 Å². The molecule has 1 aliphatic carbocycles. The SMILES string of the molecule is CNC1CCC(C)CC1N1CCC(N(C)C)C1. The highest BCUT2D eigenvalue weighted by Gasteiger charge is 2.36. The Morgan fingerprint density at radius 1 is 1.18 bits per heavy atom. The molecule has 0 aromatic carbocycles. The van der Waals surface area contributed by atoms with E-state index in [1.807, 2.05) is 0 Å². The lowest BCUT2D eigenvalue weighted by Crippen LogP contribution is -2.52. The lowest BCUT2D eigenvalue weighted by Gasteiger charge is -2.40. The minimum Gasteiger partial charge on any atom is -0.315 e. The molecule has 0 aromatic rings. The third kappa shape index (κ3) is 3.01. The summed E-state index contributed by atoms with van der Waals surface area (Å²) in [4.78, 5) is 5.13. The van der Waals surface area contributed by atoms with Gasteiger partial charge < -0.3 is 10.2 Å². The lowest BCUT2D eigenvalue weighted by atomic mass is 9.82. The van der Waals surface area contributed by atoms with Crippen LogP contribution in [-0.2, 0) is 0 Å². The summed E-state index contributed by atoms with van der Waals surface area (Å²) < 4.78 is 0. The lowest BCUT2D eigenvalue weighted by molar-refractivity contribution is 0.120. The van der Waals surface area contributed by atoms with Gasteiger partial charge in [0.05, 0.1) is 0 Å². The Morgan fingerprint density at radius 3 is 2.53 bits per heavy atom. The summed E-state index contributed by atoms with van der Waals surface area (Å²) >= 11 is 0. The molecule has 4 atom stereocenters. The minimum absolute atomic E-state index is 0.715. The van der Waals surface area contributed by atoms with E-state index in [2.05, 4.69) is 43.2 Å². The molecule has 1 N–H and O–H groups in total. The van der Waals surface area contributed by atoms with Gasteiger partial charge in [-0.2, -0.15) is 0 Å². The molecule has 100 valence electrons. The molecule has 2 aliphatic rings. The highest BCUT2D eigenvalue weighted by molar-refractivity contribution is 4.94. The van der Waals surface area contributed by atoms with Crippen LogP contribution in [0.3, 0.4) is 0 Å². The quantitative estimate of drug-likeness (QED) is 0.803. The Morgan fingerprint density at radius 2 is 1.94 bits per heavy atom. The zero-order chi connectivity index (χ0) is 12.4. The van der Waals surface area contributed by atoms with Crippen LogP contribution in [0.15, 0.2) is 0 Å². The predicted octanol–water partition coefficient (Wildman–Crippen LogP) is 1.40. The fourth-order valence-corrected chi connectivity index (χ4v) is 3.58. The van der Waals surface area contributed by atoms with Crippen molar-refractivity contribution in [2.75, 3.05) is 34.2 Å². The van der Waals surface area contributed by atoms with Gasteiger partial charge in [0.15, 0.2) is 0 Å². The molecule has 2 rings (SSSR count). The Balaban J connectivity index is 1.95. The van der Waals surface area contributed by atoms with Gasteiger partial charge in [-0.15, -0.1) is 0 Å². The zero-order valence-corrected chi connectivity index (χ0v) is 11.9. The first-order valence-electron chi connectivity index (χ1n) is 7.19. The number of rotatable bonds is 3. The predicted molar refractivity (Wildman–Crippen MR) is 73.3 cm³/mol. The van der Waals surface area contributed by atoms with E-state index in [1.165, 1.54) is 38.8 Å². The van der Waals surface area contributed by atoms with Crippen molar-refractivity contribution in [2.24, 2.45) is 5.92 Å². The third-order valence-corrected chi connectivity index (χ3v) is 4.84. The van der Waals surface area contributed by atoms with Crippen LogP contribution in [0.25, 0.3) is 0 Å². The highest BCUT2D eigenvalue weighted by atomic mass is 15.3. The maximum absolute atomic E-state index is 3.54. The summed E-state index contributed by atoms with van der Waals surface area (Å²) in [6.07, 6.45) is 5.47. The number of likely N-dealkylation sites (tertiary alicyclic amines) is 1. The van der Waals surface area contributed by atoms with Crippen molar-refractivity contribution in [1.82, 2.24) is 15.1 Å². The molecule has 3 heteroatoms. The maximum Gasteiger partial charge on any atom is 0.0252 e. The van der Waals surface area contributed by atoms with E-state index in [0.29, 0.717) is 6.04 Å². The van der Waals surface area contributed by atoms with Gasteiger partial charge in [-0.1, -0.05) is 6.92 Å². The molecular weight excluding hydrogens is 210 g/mol. The topological polar surface area (TPSA) is 18.5 Å². The van der Waals surface area contributed by atoms with Gasteiger partial charge in [0, 0.05) is 31.2 Å². The average molecular weight is 239 g/mol. The van der Waals surface area contributed by atoms with Gasteiger partial charge in [0.1, 0.15) is 0 Å². The standard InChI is InChI=1S/C14H29N3/c1-11-5-6-13(15-2)14(9-11)17-8-7-12(10-17)16(3)4/h11-15H,5-10H2,1-4H3. The van der Waals surface area contributed by atoms with E-state index >= 15 is 0 Å². The number of nitrogens with zero attached hydrogens (tertiary/aromatic N) is 2. The van der Waals surface area contributed by atoms with E-state index in [9.17, 15) is 0 Å². The van der Waals surface area contributed by atoms with Crippen LogP contribution < -0.4 is 5.32 Å². The van der Waals surface area contributed by atoms with Crippen LogP contribution in [-0.4, -0.2) is 62.2 Å². The Hall–Kier alpha value is -0.120. The fraction of sp³-hybridized carbons (Fsp3) is 1.00. The smallest absolute Gasteiger partial charge is 0.0252 e. The second-order valence-corrected chi connectivity index (χ2v) is 6.28. The molecule has 1 aliphatic heterocycles. The largest absolute Gasteiger partial charge is 0.315 e. The van der Waals surface area contributed by atoms with Gasteiger partial charge >= 0.3 is 0 Å². The Bertz CT molecular complexity index is 242. The molecule has 4 unspecified atom stereocenters. The summed E-state index contributed by atoms with van der Waals surface area (Å²) in [6, 6.07) is 2.26. The van der Waals surface area contributed by atoms with Crippen LogP contribution in [0.2, 0.25) is 0 Å². The summed E-state index contributed by atoms with van der Waals surface area (Å²) in [5.74, 6) is 0.906. The summed E-state index contributed by atoms with van der Waals surface area (Å²) in [5, 5.41) is 3.54. The maximum atomic E-state index is 3.54. The molecule has 0 amide bonds. The van der Waals surface area contributed by atoms with Gasteiger partial charge in [0.25, 0.3) is 0 Å². The molecule has 3 nitrogen and oxygen atoms in total. The van der Waals surface area contributed by atoms with Crippen molar-refractivity contribution >= 4 is 0 Å². The van der Waals surface area contributed by atoms with Crippen LogP contribution >= 0.6 is 0 Å². The second-order valence-electron chi connectivity index (χ2n) is 6.28. The molecular formula is C14H29N3. The van der Waals surface area contributed by atoms with Crippen LogP contribution in [0.1, 0.15) is 32.6 Å². The monoisotopic (exact) mass is 239 g/mol. The Labute approximate surface area is 107 Å². The van der Waals surface area contributed by atoms with Crippen molar-refractivity contribution < 1.29 is 0 Å². The van der Waals surface area contributed by atoms with Crippen molar-refractivity contribution in [3.8, 4) is 0 Å². The van der Waals surface area contributed by atoms with Crippen molar-refractivity contribution in [2.45, 2.75) is 50.7 Å². The van der Waals surface area contributed by atoms with E-state index < -0.39 is 0 Å². The summed E-state index contributed by atoms with van der Waals surface area (Å²) in [7, 11) is 6.56. The number of nitrogens with one attached hydrogen (secondary N) is 1. The normalized spacial score (nSPS) is 40.1. The van der Waals surface area contributed by atoms with Gasteiger partial charge in [-0.05, 0) is 52.7 Å². The molecule has 0 aromatic heterocycles. The molecule has 17 heavy (non-hydrogen) atoms. The third-order valence-electron chi connectivity index (χ3n) is 4.84. The van der Waals surface area contributed by atoms with E-state index in [4.69, 9.17) is 0 Å². The van der Waals surface area contributed by atoms with E-state index in [-0.39, 0.29) is 0 Å². The Kier molecular flexibility index (Phi) is 4.45. The van der Waals surface area contributed by atoms with E-state index in [1.54, 1.807) is 0 Å². The highest BCUT2D eigenvalue weighted by Crippen LogP contribution is 2.30. The molecule has 0 bridgehead atoms. The first kappa shape index (κ1) is 13.3. The number of hydrogen-bond donors (Lipinski definition) is 1. The first-order chi connectivity index (χ1) is 8.11.